The quantitative estimate of drug-likeness (QED) is 0.738. The van der Waals surface area contributed by atoms with Gasteiger partial charge in [0.15, 0.2) is 0 Å². The Morgan fingerprint density at radius 1 is 1.25 bits per heavy atom. The minimum Gasteiger partial charge on any atom is -0.337 e. The van der Waals surface area contributed by atoms with Crippen molar-refractivity contribution in [2.24, 2.45) is 0 Å². The lowest BCUT2D eigenvalue weighted by Crippen LogP contribution is -2.18. The molecule has 5 heteroatoms. The molecule has 3 aromatic rings. The Morgan fingerprint density at radius 3 is 2.71 bits per heavy atom. The highest BCUT2D eigenvalue weighted by molar-refractivity contribution is 6.30. The molecule has 3 rings (SSSR count). The maximum Gasteiger partial charge on any atom is 0.273 e. The maximum absolute atomic E-state index is 12.8. The molecule has 4 nitrogen and oxygen atoms in total. The summed E-state index contributed by atoms with van der Waals surface area (Å²) < 4.78 is 2.05. The van der Waals surface area contributed by atoms with Crippen molar-refractivity contribution in [2.75, 3.05) is 5.32 Å². The van der Waals surface area contributed by atoms with Crippen molar-refractivity contribution in [1.29, 1.82) is 0 Å². The molecule has 24 heavy (non-hydrogen) atoms. The number of pyridine rings is 1. The zero-order valence-electron chi connectivity index (χ0n) is 14.1. The number of hydrogen-bond acceptors (Lipinski definition) is 2. The van der Waals surface area contributed by atoms with Crippen LogP contribution >= 0.6 is 11.6 Å². The number of aromatic nitrogens is 2. The van der Waals surface area contributed by atoms with E-state index in [4.69, 9.17) is 11.6 Å². The van der Waals surface area contributed by atoms with Gasteiger partial charge in [-0.3, -0.25) is 4.79 Å². The van der Waals surface area contributed by atoms with Gasteiger partial charge in [0.25, 0.3) is 5.91 Å². The van der Waals surface area contributed by atoms with Gasteiger partial charge in [-0.15, -0.1) is 0 Å². The topological polar surface area (TPSA) is 46.9 Å². The highest BCUT2D eigenvalue weighted by atomic mass is 35.5. The van der Waals surface area contributed by atoms with E-state index in [1.165, 1.54) is 5.56 Å². The number of hydrogen-bond donors (Lipinski definition) is 1. The average molecular weight is 342 g/mol. The Labute approximate surface area is 146 Å². The Kier molecular flexibility index (Phi) is 4.58. The summed E-state index contributed by atoms with van der Waals surface area (Å²) in [5.41, 5.74) is 4.00. The minimum absolute atomic E-state index is 0.168. The van der Waals surface area contributed by atoms with Crippen LogP contribution in [0.5, 0.6) is 0 Å². The molecule has 0 spiro atoms. The van der Waals surface area contributed by atoms with Crippen LogP contribution in [0.1, 0.15) is 35.5 Å². The van der Waals surface area contributed by atoms with E-state index in [0.717, 1.165) is 29.4 Å². The normalized spacial score (nSPS) is 11.0. The van der Waals surface area contributed by atoms with Gasteiger partial charge in [0.05, 0.1) is 0 Å². The number of rotatable bonds is 4. The van der Waals surface area contributed by atoms with E-state index in [1.807, 2.05) is 18.4 Å². The van der Waals surface area contributed by atoms with Crippen LogP contribution in [0.2, 0.25) is 5.02 Å². The van der Waals surface area contributed by atoms with Crippen LogP contribution in [0, 0.1) is 6.92 Å². The molecule has 0 atom stereocenters. The van der Waals surface area contributed by atoms with E-state index >= 15 is 0 Å². The molecule has 0 aliphatic heterocycles. The highest BCUT2D eigenvalue weighted by Crippen LogP contribution is 2.28. The van der Waals surface area contributed by atoms with E-state index in [2.05, 4.69) is 35.4 Å². The molecular formula is C19H20ClN3O. The molecule has 0 aliphatic rings. The van der Waals surface area contributed by atoms with Crippen LogP contribution in [0.4, 0.5) is 5.82 Å². The third kappa shape index (κ3) is 2.89. The summed E-state index contributed by atoms with van der Waals surface area (Å²) in [6.07, 6.45) is 2.55. The van der Waals surface area contributed by atoms with Crippen LogP contribution in [0.15, 0.2) is 36.5 Å². The number of carbonyl (C=O) groups excluding carboxylic acids is 1. The molecule has 0 aliphatic carbocycles. The lowest BCUT2D eigenvalue weighted by molar-refractivity contribution is 0.101. The Hall–Kier alpha value is -2.33. The first-order chi connectivity index (χ1) is 11.5. The molecule has 124 valence electrons. The van der Waals surface area contributed by atoms with Gasteiger partial charge < -0.3 is 9.88 Å². The van der Waals surface area contributed by atoms with E-state index in [1.54, 1.807) is 18.3 Å². The van der Waals surface area contributed by atoms with Gasteiger partial charge in [0.2, 0.25) is 0 Å². The van der Waals surface area contributed by atoms with E-state index in [-0.39, 0.29) is 5.91 Å². The first-order valence-corrected chi connectivity index (χ1v) is 8.47. The highest BCUT2D eigenvalue weighted by Gasteiger charge is 2.20. The number of nitrogens with one attached hydrogen (secondary N) is 1. The molecule has 0 radical (unpaired) electrons. The maximum atomic E-state index is 12.8. The number of aryl methyl sites for hydroxylation is 3. The van der Waals surface area contributed by atoms with Crippen LogP contribution in [-0.2, 0) is 13.0 Å². The standard InChI is InChI=1S/C19H20ClN3O/c1-4-13-6-7-16-15(10-13)12(3)18(23(16)5-2)19(24)22-17-11-14(20)8-9-21-17/h6-11H,4-5H2,1-3H3,(H,21,22,24). The molecule has 2 heterocycles. The van der Waals surface area contributed by atoms with Crippen molar-refractivity contribution in [2.45, 2.75) is 33.7 Å². The van der Waals surface area contributed by atoms with Gasteiger partial charge in [-0.25, -0.2) is 4.98 Å². The van der Waals surface area contributed by atoms with Crippen molar-refractivity contribution in [3.05, 3.63) is 58.4 Å². The van der Waals surface area contributed by atoms with Crippen LogP contribution in [0.25, 0.3) is 10.9 Å². The summed E-state index contributed by atoms with van der Waals surface area (Å²) in [5.74, 6) is 0.285. The van der Waals surface area contributed by atoms with Gasteiger partial charge in [-0.2, -0.15) is 0 Å². The van der Waals surface area contributed by atoms with Gasteiger partial charge >= 0.3 is 0 Å². The zero-order chi connectivity index (χ0) is 17.3. The second-order valence-electron chi connectivity index (χ2n) is 5.74. The third-order valence-electron chi connectivity index (χ3n) is 4.28. The molecule has 0 saturated heterocycles. The number of carbonyl (C=O) groups is 1. The van der Waals surface area contributed by atoms with Crippen LogP contribution in [0.3, 0.4) is 0 Å². The van der Waals surface area contributed by atoms with E-state index in [0.29, 0.717) is 16.5 Å². The Morgan fingerprint density at radius 2 is 2.04 bits per heavy atom. The summed E-state index contributed by atoms with van der Waals surface area (Å²) in [5, 5.41) is 4.52. The van der Waals surface area contributed by atoms with Crippen molar-refractivity contribution < 1.29 is 4.79 Å². The molecule has 0 bridgehead atoms. The molecule has 0 unspecified atom stereocenters. The SMILES string of the molecule is CCc1ccc2c(c1)c(C)c(C(=O)Nc1cc(Cl)ccn1)n2CC. The molecule has 0 saturated carbocycles. The number of benzene rings is 1. The lowest BCUT2D eigenvalue weighted by atomic mass is 10.1. The Balaban J connectivity index is 2.07. The third-order valence-corrected chi connectivity index (χ3v) is 4.52. The number of anilines is 1. The van der Waals surface area contributed by atoms with Crippen LogP contribution < -0.4 is 5.32 Å². The van der Waals surface area contributed by atoms with Crippen molar-refractivity contribution in [1.82, 2.24) is 9.55 Å². The molecule has 2 aromatic heterocycles. The van der Waals surface area contributed by atoms with Crippen molar-refractivity contribution >= 4 is 34.2 Å². The van der Waals surface area contributed by atoms with Gasteiger partial charge in [-0.1, -0.05) is 24.6 Å². The summed E-state index contributed by atoms with van der Waals surface area (Å²) in [7, 11) is 0. The monoisotopic (exact) mass is 341 g/mol. The lowest BCUT2D eigenvalue weighted by Gasteiger charge is -2.09. The van der Waals surface area contributed by atoms with Crippen LogP contribution in [-0.4, -0.2) is 15.5 Å². The number of amides is 1. The van der Waals surface area contributed by atoms with Gasteiger partial charge in [-0.05, 0) is 55.7 Å². The molecule has 0 fully saturated rings. The number of fused-ring (bicyclic) bond motifs is 1. The fourth-order valence-electron chi connectivity index (χ4n) is 3.06. The molecule has 1 aromatic carbocycles. The predicted octanol–water partition coefficient (Wildman–Crippen LogP) is 4.83. The molecular weight excluding hydrogens is 322 g/mol. The predicted molar refractivity (Wildman–Crippen MR) is 98.9 cm³/mol. The fraction of sp³-hybridized carbons (Fsp3) is 0.263. The van der Waals surface area contributed by atoms with Gasteiger partial charge in [0.1, 0.15) is 11.5 Å². The van der Waals surface area contributed by atoms with E-state index < -0.39 is 0 Å². The number of nitrogens with zero attached hydrogens (tertiary/aromatic N) is 2. The summed E-state index contributed by atoms with van der Waals surface area (Å²) in [6.45, 7) is 6.89. The summed E-state index contributed by atoms with van der Waals surface area (Å²) in [6, 6.07) is 9.71. The Bertz CT molecular complexity index is 914. The van der Waals surface area contributed by atoms with Gasteiger partial charge in [0, 0.05) is 28.7 Å². The van der Waals surface area contributed by atoms with Crippen molar-refractivity contribution in [3.63, 3.8) is 0 Å². The average Bonchev–Trinajstić information content (AvgIpc) is 2.86. The summed E-state index contributed by atoms with van der Waals surface area (Å²) in [4.78, 5) is 17.0. The van der Waals surface area contributed by atoms with Crippen molar-refractivity contribution in [3.8, 4) is 0 Å². The molecule has 1 N–H and O–H groups in total. The minimum atomic E-state index is -0.168. The fourth-order valence-corrected chi connectivity index (χ4v) is 3.22. The zero-order valence-corrected chi connectivity index (χ0v) is 14.8. The summed E-state index contributed by atoms with van der Waals surface area (Å²) >= 11 is 5.97. The second kappa shape index (κ2) is 6.65. The smallest absolute Gasteiger partial charge is 0.273 e. The largest absolute Gasteiger partial charge is 0.337 e. The first kappa shape index (κ1) is 16.5. The first-order valence-electron chi connectivity index (χ1n) is 8.09. The van der Waals surface area contributed by atoms with E-state index in [9.17, 15) is 4.79 Å². The molecule has 1 amide bonds. The second-order valence-corrected chi connectivity index (χ2v) is 6.17. The number of halogens is 1.